The van der Waals surface area contributed by atoms with Gasteiger partial charge in [0.2, 0.25) is 5.60 Å². The second kappa shape index (κ2) is 4.64. The van der Waals surface area contributed by atoms with E-state index in [0.29, 0.717) is 11.3 Å². The molecule has 3 atom stereocenters. The van der Waals surface area contributed by atoms with Crippen LogP contribution in [0, 0.1) is 11.3 Å². The van der Waals surface area contributed by atoms with Crippen molar-refractivity contribution in [3.63, 3.8) is 0 Å². The van der Waals surface area contributed by atoms with E-state index in [1.807, 2.05) is 11.4 Å². The summed E-state index contributed by atoms with van der Waals surface area (Å²) in [7, 11) is 0. The third-order valence-corrected chi connectivity index (χ3v) is 4.52. The number of nitrogens with zero attached hydrogens (tertiary/aromatic N) is 3. The highest BCUT2D eigenvalue weighted by Crippen LogP contribution is 2.43. The van der Waals surface area contributed by atoms with Crippen molar-refractivity contribution in [2.24, 2.45) is 0 Å². The minimum absolute atomic E-state index is 0.226. The molecule has 20 heavy (non-hydrogen) atoms. The van der Waals surface area contributed by atoms with E-state index in [1.54, 1.807) is 0 Å². The van der Waals surface area contributed by atoms with E-state index in [-0.39, 0.29) is 6.42 Å². The summed E-state index contributed by atoms with van der Waals surface area (Å²) in [6.45, 7) is -0.555. The number of nitriles is 1. The van der Waals surface area contributed by atoms with Gasteiger partial charge in [-0.25, -0.2) is 9.97 Å². The number of aromatic nitrogens is 2. The van der Waals surface area contributed by atoms with Crippen molar-refractivity contribution in [1.82, 2.24) is 9.97 Å². The molecule has 4 N–H and O–H groups in total. The first-order valence-electron chi connectivity index (χ1n) is 5.97. The average Bonchev–Trinajstić information content (AvgIpc) is 3.01. The fraction of sp³-hybridized carbons (Fsp3) is 0.417. The SMILES string of the molecule is N#C[C@]1(CO)O[C@@H](c2csc3c(N)ncnc23)C[C@@H]1O. The van der Waals surface area contributed by atoms with Crippen LogP contribution in [0.5, 0.6) is 0 Å². The normalized spacial score (nSPS) is 29.6. The van der Waals surface area contributed by atoms with Gasteiger partial charge in [-0.1, -0.05) is 0 Å². The molecule has 0 aliphatic carbocycles. The summed E-state index contributed by atoms with van der Waals surface area (Å²) in [5, 5.41) is 30.2. The Kier molecular flexibility index (Phi) is 3.07. The standard InChI is InChI=1S/C12H12N4O3S/c13-3-12(4-17)8(18)1-7(19-12)6-2-20-10-9(6)15-5-16-11(10)14/h2,5,7-8,17-18H,1,4H2,(H2,14,15,16)/t7-,8+,12-/m1/s1. The zero-order chi connectivity index (χ0) is 14.3. The Hall–Kier alpha value is -1.79. The summed E-state index contributed by atoms with van der Waals surface area (Å²) in [6, 6.07) is 1.85. The number of ether oxygens (including phenoxy) is 1. The van der Waals surface area contributed by atoms with Crippen molar-refractivity contribution in [2.75, 3.05) is 12.3 Å². The Balaban J connectivity index is 2.02. The zero-order valence-electron chi connectivity index (χ0n) is 10.4. The van der Waals surface area contributed by atoms with Gasteiger partial charge in [-0.05, 0) is 5.38 Å². The number of hydrogen-bond donors (Lipinski definition) is 3. The summed E-state index contributed by atoms with van der Waals surface area (Å²) >= 11 is 1.39. The van der Waals surface area contributed by atoms with Gasteiger partial charge in [0.05, 0.1) is 22.9 Å². The maximum Gasteiger partial charge on any atom is 0.203 e. The molecule has 0 amide bonds. The van der Waals surface area contributed by atoms with Crippen molar-refractivity contribution in [1.29, 1.82) is 5.26 Å². The lowest BCUT2D eigenvalue weighted by atomic mass is 9.98. The lowest BCUT2D eigenvalue weighted by Gasteiger charge is -2.21. The molecule has 104 valence electrons. The van der Waals surface area contributed by atoms with Gasteiger partial charge < -0.3 is 20.7 Å². The van der Waals surface area contributed by atoms with Gasteiger partial charge in [-0.15, -0.1) is 11.3 Å². The number of nitrogen functional groups attached to an aromatic ring is 1. The summed E-state index contributed by atoms with van der Waals surface area (Å²) < 4.78 is 6.35. The molecule has 0 aromatic carbocycles. The molecule has 3 rings (SSSR count). The molecule has 3 heterocycles. The van der Waals surface area contributed by atoms with Crippen LogP contribution in [-0.2, 0) is 4.74 Å². The number of fused-ring (bicyclic) bond motifs is 1. The molecule has 2 aromatic rings. The van der Waals surface area contributed by atoms with Crippen molar-refractivity contribution in [3.05, 3.63) is 17.3 Å². The molecule has 2 aromatic heterocycles. The van der Waals surface area contributed by atoms with Crippen LogP contribution in [0.1, 0.15) is 18.1 Å². The lowest BCUT2D eigenvalue weighted by molar-refractivity contribution is -0.0731. The van der Waals surface area contributed by atoms with E-state index in [1.165, 1.54) is 17.7 Å². The van der Waals surface area contributed by atoms with E-state index >= 15 is 0 Å². The quantitative estimate of drug-likeness (QED) is 0.729. The predicted molar refractivity (Wildman–Crippen MR) is 71.7 cm³/mol. The Morgan fingerprint density at radius 1 is 1.60 bits per heavy atom. The molecule has 1 aliphatic heterocycles. The third kappa shape index (κ3) is 1.76. The molecule has 0 unspecified atom stereocenters. The second-order valence-electron chi connectivity index (χ2n) is 4.65. The fourth-order valence-electron chi connectivity index (χ4n) is 2.36. The predicted octanol–water partition coefficient (Wildman–Crippen LogP) is 0.350. The summed E-state index contributed by atoms with van der Waals surface area (Å²) in [5.41, 5.74) is 5.62. The van der Waals surface area contributed by atoms with Crippen LogP contribution in [0.3, 0.4) is 0 Å². The first kappa shape index (κ1) is 13.2. The monoisotopic (exact) mass is 292 g/mol. The number of nitrogens with two attached hydrogens (primary N) is 1. The Morgan fingerprint density at radius 2 is 2.40 bits per heavy atom. The maximum absolute atomic E-state index is 9.97. The highest BCUT2D eigenvalue weighted by atomic mass is 32.1. The molecule has 0 saturated carbocycles. The van der Waals surface area contributed by atoms with Gasteiger partial charge in [0, 0.05) is 12.0 Å². The molecule has 1 saturated heterocycles. The Morgan fingerprint density at radius 3 is 3.05 bits per heavy atom. The van der Waals surface area contributed by atoms with Crippen LogP contribution in [0.4, 0.5) is 5.82 Å². The van der Waals surface area contributed by atoms with Crippen LogP contribution < -0.4 is 5.73 Å². The van der Waals surface area contributed by atoms with Crippen molar-refractivity contribution in [2.45, 2.75) is 24.2 Å². The molecule has 1 fully saturated rings. The summed E-state index contributed by atoms with van der Waals surface area (Å²) in [6.07, 6.45) is 0.0451. The van der Waals surface area contributed by atoms with Crippen molar-refractivity contribution >= 4 is 27.4 Å². The van der Waals surface area contributed by atoms with Gasteiger partial charge in [-0.3, -0.25) is 0 Å². The van der Waals surface area contributed by atoms with Crippen LogP contribution in [-0.4, -0.2) is 38.5 Å². The second-order valence-corrected chi connectivity index (χ2v) is 5.52. The Bertz CT molecular complexity index is 698. The van der Waals surface area contributed by atoms with Crippen LogP contribution >= 0.6 is 11.3 Å². The van der Waals surface area contributed by atoms with E-state index in [4.69, 9.17) is 15.7 Å². The number of rotatable bonds is 2. The van der Waals surface area contributed by atoms with Gasteiger partial charge in [0.1, 0.15) is 24.3 Å². The summed E-state index contributed by atoms with van der Waals surface area (Å²) in [5.74, 6) is 0.388. The molecule has 0 spiro atoms. The molecule has 1 aliphatic rings. The van der Waals surface area contributed by atoms with Crippen molar-refractivity contribution in [3.8, 4) is 6.07 Å². The molecular formula is C12H12N4O3S. The smallest absolute Gasteiger partial charge is 0.203 e. The van der Waals surface area contributed by atoms with Crippen LogP contribution in [0.25, 0.3) is 10.2 Å². The van der Waals surface area contributed by atoms with Gasteiger partial charge in [0.15, 0.2) is 0 Å². The van der Waals surface area contributed by atoms with E-state index in [9.17, 15) is 10.2 Å². The molecule has 7 nitrogen and oxygen atoms in total. The van der Waals surface area contributed by atoms with Crippen LogP contribution in [0.2, 0.25) is 0 Å². The first-order valence-corrected chi connectivity index (χ1v) is 6.85. The minimum Gasteiger partial charge on any atom is -0.392 e. The van der Waals surface area contributed by atoms with E-state index in [0.717, 1.165) is 10.3 Å². The number of anilines is 1. The Labute approximate surface area is 118 Å². The minimum atomic E-state index is -1.57. The number of hydrogen-bond acceptors (Lipinski definition) is 8. The topological polar surface area (TPSA) is 125 Å². The number of aliphatic hydroxyl groups excluding tert-OH is 2. The number of thiophene rings is 1. The maximum atomic E-state index is 9.97. The molecule has 0 radical (unpaired) electrons. The lowest BCUT2D eigenvalue weighted by Crippen LogP contribution is -2.41. The largest absolute Gasteiger partial charge is 0.392 e. The zero-order valence-corrected chi connectivity index (χ0v) is 11.2. The highest BCUT2D eigenvalue weighted by Gasteiger charge is 2.49. The highest BCUT2D eigenvalue weighted by molar-refractivity contribution is 7.17. The van der Waals surface area contributed by atoms with Gasteiger partial charge in [0.25, 0.3) is 0 Å². The average molecular weight is 292 g/mol. The fourth-order valence-corrected chi connectivity index (χ4v) is 3.32. The van der Waals surface area contributed by atoms with Crippen LogP contribution in [0.15, 0.2) is 11.7 Å². The molecular weight excluding hydrogens is 280 g/mol. The van der Waals surface area contributed by atoms with Gasteiger partial charge >= 0.3 is 0 Å². The van der Waals surface area contributed by atoms with Crippen molar-refractivity contribution < 1.29 is 14.9 Å². The van der Waals surface area contributed by atoms with E-state index < -0.39 is 24.4 Å². The van der Waals surface area contributed by atoms with E-state index in [2.05, 4.69) is 9.97 Å². The first-order chi connectivity index (χ1) is 9.61. The summed E-state index contributed by atoms with van der Waals surface area (Å²) in [4.78, 5) is 8.10. The number of aliphatic hydroxyl groups is 2. The van der Waals surface area contributed by atoms with Gasteiger partial charge in [-0.2, -0.15) is 5.26 Å². The third-order valence-electron chi connectivity index (χ3n) is 3.51. The molecule has 0 bridgehead atoms. The molecule has 8 heteroatoms.